The molecule has 208 valence electrons. The number of sulfonamides is 1. The fraction of sp³-hybridized carbons (Fsp3) is 0.333. The Morgan fingerprint density at radius 3 is 2.05 bits per heavy atom. The van der Waals surface area contributed by atoms with Gasteiger partial charge >= 0.3 is 0 Å². The largest absolute Gasteiger partial charge is 0.352 e. The highest BCUT2D eigenvalue weighted by atomic mass is 32.2. The molecule has 0 aliphatic rings. The van der Waals surface area contributed by atoms with Crippen molar-refractivity contribution >= 4 is 27.5 Å². The Balaban J connectivity index is 2.00. The van der Waals surface area contributed by atoms with E-state index < -0.39 is 34.3 Å². The maximum Gasteiger partial charge on any atom is 0.264 e. The number of hydrogen-bond acceptors (Lipinski definition) is 4. The SMILES string of the molecule is CC[C@H](C)NC(=O)[C@H](CC)N(CCc1ccccc1)C(=O)CN(c1ccccc1F)S(=O)(=O)c1ccccc1. The Hall–Kier alpha value is -3.72. The van der Waals surface area contributed by atoms with Crippen LogP contribution in [-0.2, 0) is 26.0 Å². The van der Waals surface area contributed by atoms with Gasteiger partial charge in [-0.25, -0.2) is 12.8 Å². The average molecular weight is 554 g/mol. The van der Waals surface area contributed by atoms with Crippen molar-refractivity contribution < 1.29 is 22.4 Å². The molecule has 3 aromatic rings. The van der Waals surface area contributed by atoms with Crippen molar-refractivity contribution in [3.63, 3.8) is 0 Å². The van der Waals surface area contributed by atoms with Gasteiger partial charge in [-0.15, -0.1) is 0 Å². The number of hydrogen-bond donors (Lipinski definition) is 1. The fourth-order valence-corrected chi connectivity index (χ4v) is 5.67. The zero-order valence-corrected chi connectivity index (χ0v) is 23.4. The van der Waals surface area contributed by atoms with E-state index >= 15 is 0 Å². The summed E-state index contributed by atoms with van der Waals surface area (Å²) in [5, 5.41) is 2.94. The quantitative estimate of drug-likeness (QED) is 0.330. The predicted molar refractivity (Wildman–Crippen MR) is 151 cm³/mol. The molecular weight excluding hydrogens is 517 g/mol. The molecule has 2 amide bonds. The van der Waals surface area contributed by atoms with Crippen LogP contribution in [0.2, 0.25) is 0 Å². The third kappa shape index (κ3) is 7.66. The molecule has 0 spiro atoms. The van der Waals surface area contributed by atoms with E-state index in [9.17, 15) is 22.4 Å². The van der Waals surface area contributed by atoms with Gasteiger partial charge in [-0.2, -0.15) is 0 Å². The lowest BCUT2D eigenvalue weighted by Crippen LogP contribution is -2.54. The summed E-state index contributed by atoms with van der Waals surface area (Å²) in [6.07, 6.45) is 1.51. The van der Waals surface area contributed by atoms with Crippen LogP contribution in [0.5, 0.6) is 0 Å². The first kappa shape index (κ1) is 29.8. The number of amides is 2. The van der Waals surface area contributed by atoms with Crippen molar-refractivity contribution in [3.8, 4) is 0 Å². The van der Waals surface area contributed by atoms with Gasteiger partial charge in [0.05, 0.1) is 10.6 Å². The summed E-state index contributed by atoms with van der Waals surface area (Å²) in [5.41, 5.74) is 0.727. The highest BCUT2D eigenvalue weighted by Crippen LogP contribution is 2.26. The molecule has 0 radical (unpaired) electrons. The van der Waals surface area contributed by atoms with E-state index in [4.69, 9.17) is 0 Å². The predicted octanol–water partition coefficient (Wildman–Crippen LogP) is 4.79. The van der Waals surface area contributed by atoms with Crippen molar-refractivity contribution in [2.45, 2.75) is 57.0 Å². The van der Waals surface area contributed by atoms with Crippen LogP contribution in [0.4, 0.5) is 10.1 Å². The van der Waals surface area contributed by atoms with E-state index in [1.54, 1.807) is 25.1 Å². The second-order valence-corrected chi connectivity index (χ2v) is 11.2. The van der Waals surface area contributed by atoms with Gasteiger partial charge in [0, 0.05) is 12.6 Å². The standard InChI is InChI=1S/C30H36FN3O4S/c1-4-23(3)32-30(36)27(5-2)33(21-20-24-14-8-6-9-15-24)29(35)22-34(28-19-13-12-18-26(28)31)39(37,38)25-16-10-7-11-17-25/h6-19,23,27H,4-5,20-22H2,1-3H3,(H,32,36)/t23-,27-/m0/s1. The fourth-order valence-electron chi connectivity index (χ4n) is 4.22. The molecule has 0 fully saturated rings. The average Bonchev–Trinajstić information content (AvgIpc) is 2.95. The highest BCUT2D eigenvalue weighted by Gasteiger charge is 2.34. The molecule has 0 heterocycles. The molecule has 3 rings (SSSR count). The summed E-state index contributed by atoms with van der Waals surface area (Å²) in [5.74, 6) is -1.68. The summed E-state index contributed by atoms with van der Waals surface area (Å²) in [6.45, 7) is 5.16. The molecule has 0 aromatic heterocycles. The molecule has 0 aliphatic heterocycles. The number of benzene rings is 3. The molecule has 3 aromatic carbocycles. The minimum Gasteiger partial charge on any atom is -0.352 e. The van der Waals surface area contributed by atoms with Crippen LogP contribution in [0.1, 0.15) is 39.2 Å². The van der Waals surface area contributed by atoms with Gasteiger partial charge in [-0.3, -0.25) is 13.9 Å². The van der Waals surface area contributed by atoms with Gasteiger partial charge in [-0.1, -0.05) is 74.5 Å². The summed E-state index contributed by atoms with van der Waals surface area (Å²) < 4.78 is 43.1. The zero-order chi connectivity index (χ0) is 28.4. The third-order valence-corrected chi connectivity index (χ3v) is 8.38. The van der Waals surface area contributed by atoms with Crippen LogP contribution in [0.15, 0.2) is 89.8 Å². The van der Waals surface area contributed by atoms with Crippen LogP contribution in [0.25, 0.3) is 0 Å². The van der Waals surface area contributed by atoms with Crippen LogP contribution < -0.4 is 9.62 Å². The number of halogens is 1. The molecule has 0 bridgehead atoms. The number of nitrogens with zero attached hydrogens (tertiary/aromatic N) is 2. The number of nitrogens with one attached hydrogen (secondary N) is 1. The van der Waals surface area contributed by atoms with Gasteiger partial charge in [0.15, 0.2) is 0 Å². The number of anilines is 1. The normalized spacial score (nSPS) is 12.8. The van der Waals surface area contributed by atoms with Crippen LogP contribution in [0.3, 0.4) is 0 Å². The summed E-state index contributed by atoms with van der Waals surface area (Å²) in [7, 11) is -4.30. The van der Waals surface area contributed by atoms with E-state index in [-0.39, 0.29) is 29.1 Å². The minimum atomic E-state index is -4.30. The topological polar surface area (TPSA) is 86.8 Å². The maximum atomic E-state index is 14.9. The van der Waals surface area contributed by atoms with Crippen LogP contribution >= 0.6 is 0 Å². The summed E-state index contributed by atoms with van der Waals surface area (Å²) in [6, 6.07) is 21.6. The monoisotopic (exact) mass is 553 g/mol. The number of para-hydroxylation sites is 1. The van der Waals surface area contributed by atoms with E-state index in [2.05, 4.69) is 5.32 Å². The van der Waals surface area contributed by atoms with Gasteiger partial charge in [0.1, 0.15) is 18.4 Å². The van der Waals surface area contributed by atoms with Crippen molar-refractivity contribution in [2.75, 3.05) is 17.4 Å². The van der Waals surface area contributed by atoms with E-state index in [0.29, 0.717) is 12.8 Å². The molecule has 7 nitrogen and oxygen atoms in total. The summed E-state index contributed by atoms with van der Waals surface area (Å²) in [4.78, 5) is 28.5. The lowest BCUT2D eigenvalue weighted by atomic mass is 10.1. The van der Waals surface area contributed by atoms with Crippen molar-refractivity contribution in [2.24, 2.45) is 0 Å². The molecule has 0 aliphatic carbocycles. The molecule has 2 atom stereocenters. The highest BCUT2D eigenvalue weighted by molar-refractivity contribution is 7.92. The lowest BCUT2D eigenvalue weighted by Gasteiger charge is -2.33. The number of rotatable bonds is 13. The number of carbonyl (C=O) groups is 2. The number of carbonyl (C=O) groups excluding carboxylic acids is 2. The summed E-state index contributed by atoms with van der Waals surface area (Å²) >= 11 is 0. The first-order valence-corrected chi connectivity index (χ1v) is 14.6. The first-order valence-electron chi connectivity index (χ1n) is 13.1. The minimum absolute atomic E-state index is 0.0709. The molecule has 0 unspecified atom stereocenters. The van der Waals surface area contributed by atoms with Gasteiger partial charge in [0.2, 0.25) is 11.8 Å². The molecule has 9 heteroatoms. The van der Waals surface area contributed by atoms with Crippen LogP contribution in [0, 0.1) is 5.82 Å². The van der Waals surface area contributed by atoms with Crippen LogP contribution in [-0.4, -0.2) is 50.3 Å². The third-order valence-electron chi connectivity index (χ3n) is 6.60. The molecule has 39 heavy (non-hydrogen) atoms. The van der Waals surface area contributed by atoms with E-state index in [0.717, 1.165) is 22.4 Å². The van der Waals surface area contributed by atoms with Gasteiger partial charge in [-0.05, 0) is 56.0 Å². The molecule has 1 N–H and O–H groups in total. The first-order chi connectivity index (χ1) is 18.7. The zero-order valence-electron chi connectivity index (χ0n) is 22.6. The Labute approximate surface area is 230 Å². The Bertz CT molecular complexity index is 1340. The molecule has 0 saturated carbocycles. The van der Waals surface area contributed by atoms with Crippen molar-refractivity contribution in [1.29, 1.82) is 0 Å². The smallest absolute Gasteiger partial charge is 0.264 e. The van der Waals surface area contributed by atoms with Gasteiger partial charge < -0.3 is 10.2 Å². The Morgan fingerprint density at radius 2 is 1.46 bits per heavy atom. The second-order valence-electron chi connectivity index (χ2n) is 9.34. The van der Waals surface area contributed by atoms with E-state index in [1.807, 2.05) is 44.2 Å². The van der Waals surface area contributed by atoms with Crippen molar-refractivity contribution in [1.82, 2.24) is 10.2 Å². The molecular formula is C30H36FN3O4S. The Morgan fingerprint density at radius 1 is 0.872 bits per heavy atom. The van der Waals surface area contributed by atoms with Crippen molar-refractivity contribution in [3.05, 3.63) is 96.3 Å². The van der Waals surface area contributed by atoms with Gasteiger partial charge in [0.25, 0.3) is 10.0 Å². The Kier molecular flexibility index (Phi) is 10.6. The molecule has 0 saturated heterocycles. The second kappa shape index (κ2) is 13.9. The maximum absolute atomic E-state index is 14.9. The van der Waals surface area contributed by atoms with E-state index in [1.165, 1.54) is 35.2 Å². The lowest BCUT2D eigenvalue weighted by molar-refractivity contribution is -0.139.